The van der Waals surface area contributed by atoms with Crippen molar-refractivity contribution >= 4 is 0 Å². The van der Waals surface area contributed by atoms with Gasteiger partial charge in [-0.05, 0) is 31.1 Å². The fourth-order valence-corrected chi connectivity index (χ4v) is 3.76. The van der Waals surface area contributed by atoms with E-state index in [1.807, 2.05) is 0 Å². The summed E-state index contributed by atoms with van der Waals surface area (Å²) in [5, 5.41) is 9.47. The second-order valence-corrected chi connectivity index (χ2v) is 5.95. The number of nitriles is 1. The summed E-state index contributed by atoms with van der Waals surface area (Å²) in [7, 11) is 0. The summed E-state index contributed by atoms with van der Waals surface area (Å²) in [6, 6.07) is 2.67. The molecule has 2 fully saturated rings. The van der Waals surface area contributed by atoms with Crippen molar-refractivity contribution in [3.8, 4) is 6.07 Å². The summed E-state index contributed by atoms with van der Waals surface area (Å²) in [6.07, 6.45) is 11.7. The van der Waals surface area contributed by atoms with Crippen LogP contribution in [0.4, 0.5) is 0 Å². The minimum Gasteiger partial charge on any atom is -0.198 e. The average molecular weight is 205 g/mol. The summed E-state index contributed by atoms with van der Waals surface area (Å²) in [5.41, 5.74) is 0.0622. The Morgan fingerprint density at radius 3 is 2.53 bits per heavy atom. The van der Waals surface area contributed by atoms with Crippen molar-refractivity contribution in [2.45, 2.75) is 64.7 Å². The molecule has 0 amide bonds. The largest absolute Gasteiger partial charge is 0.198 e. The lowest BCUT2D eigenvalue weighted by atomic mass is 9.67. The quantitative estimate of drug-likeness (QED) is 0.660. The third-order valence-corrected chi connectivity index (χ3v) is 4.48. The molecule has 0 aromatic rings. The Morgan fingerprint density at radius 2 is 1.93 bits per heavy atom. The van der Waals surface area contributed by atoms with E-state index in [-0.39, 0.29) is 5.41 Å². The van der Waals surface area contributed by atoms with Crippen LogP contribution >= 0.6 is 0 Å². The van der Waals surface area contributed by atoms with Crippen molar-refractivity contribution in [3.63, 3.8) is 0 Å². The predicted molar refractivity (Wildman–Crippen MR) is 62.3 cm³/mol. The molecule has 0 spiro atoms. The first kappa shape index (κ1) is 11.0. The molecule has 0 aliphatic heterocycles. The van der Waals surface area contributed by atoms with Gasteiger partial charge in [-0.3, -0.25) is 0 Å². The van der Waals surface area contributed by atoms with E-state index in [0.29, 0.717) is 0 Å². The minimum atomic E-state index is 0.0622. The average Bonchev–Trinajstić information content (AvgIpc) is 2.70. The fraction of sp³-hybridized carbons (Fsp3) is 0.929. The van der Waals surface area contributed by atoms with Crippen LogP contribution < -0.4 is 0 Å². The number of nitrogens with zero attached hydrogens (tertiary/aromatic N) is 1. The molecule has 0 aromatic heterocycles. The molecule has 2 aliphatic carbocycles. The lowest BCUT2D eigenvalue weighted by Crippen LogP contribution is -2.28. The zero-order valence-electron chi connectivity index (χ0n) is 9.97. The van der Waals surface area contributed by atoms with Crippen LogP contribution in [0.1, 0.15) is 64.7 Å². The summed E-state index contributed by atoms with van der Waals surface area (Å²) >= 11 is 0. The van der Waals surface area contributed by atoms with E-state index in [1.54, 1.807) is 0 Å². The second kappa shape index (κ2) is 4.56. The van der Waals surface area contributed by atoms with Crippen molar-refractivity contribution in [2.24, 2.45) is 17.3 Å². The van der Waals surface area contributed by atoms with Crippen LogP contribution in [0.2, 0.25) is 0 Å². The highest BCUT2D eigenvalue weighted by atomic mass is 14.4. The van der Waals surface area contributed by atoms with Gasteiger partial charge in [-0.1, -0.05) is 45.4 Å². The third-order valence-electron chi connectivity index (χ3n) is 4.48. The van der Waals surface area contributed by atoms with Crippen molar-refractivity contribution in [3.05, 3.63) is 0 Å². The van der Waals surface area contributed by atoms with Gasteiger partial charge in [-0.25, -0.2) is 0 Å². The van der Waals surface area contributed by atoms with Crippen molar-refractivity contribution < 1.29 is 0 Å². The van der Waals surface area contributed by atoms with E-state index in [9.17, 15) is 5.26 Å². The van der Waals surface area contributed by atoms with Gasteiger partial charge in [0, 0.05) is 0 Å². The Bertz CT molecular complexity index is 247. The molecule has 0 saturated heterocycles. The fourth-order valence-electron chi connectivity index (χ4n) is 3.76. The lowest BCUT2D eigenvalue weighted by Gasteiger charge is -2.36. The Labute approximate surface area is 93.9 Å². The molecule has 0 N–H and O–H groups in total. The molecule has 2 rings (SSSR count). The minimum absolute atomic E-state index is 0.0622. The molecule has 2 atom stereocenters. The first-order valence-electron chi connectivity index (χ1n) is 6.65. The Hall–Kier alpha value is -0.510. The van der Waals surface area contributed by atoms with Gasteiger partial charge in [0.1, 0.15) is 0 Å². The zero-order chi connectivity index (χ0) is 10.7. The van der Waals surface area contributed by atoms with Crippen LogP contribution in [0.3, 0.4) is 0 Å². The van der Waals surface area contributed by atoms with Gasteiger partial charge in [0.05, 0.1) is 11.5 Å². The molecule has 0 radical (unpaired) electrons. The third kappa shape index (κ3) is 2.54. The molecule has 2 saturated carbocycles. The normalized spacial score (nSPS) is 37.7. The summed E-state index contributed by atoms with van der Waals surface area (Å²) < 4.78 is 0. The SMILES string of the molecule is CC1CCCC(C#N)(CC2CCCC2)C1. The molecular formula is C14H23N. The highest BCUT2D eigenvalue weighted by Gasteiger charge is 2.37. The highest BCUT2D eigenvalue weighted by Crippen LogP contribution is 2.46. The molecule has 0 heterocycles. The number of hydrogen-bond acceptors (Lipinski definition) is 1. The molecule has 0 aromatic carbocycles. The molecule has 0 bridgehead atoms. The van der Waals surface area contributed by atoms with Crippen LogP contribution in [0.15, 0.2) is 0 Å². The van der Waals surface area contributed by atoms with E-state index in [4.69, 9.17) is 0 Å². The van der Waals surface area contributed by atoms with Gasteiger partial charge in [0.2, 0.25) is 0 Å². The molecule has 2 unspecified atom stereocenters. The Morgan fingerprint density at radius 1 is 1.20 bits per heavy atom. The molecule has 15 heavy (non-hydrogen) atoms. The lowest BCUT2D eigenvalue weighted by molar-refractivity contribution is 0.169. The molecule has 1 nitrogen and oxygen atoms in total. The smallest absolute Gasteiger partial charge is 0.0689 e. The first-order chi connectivity index (χ1) is 7.24. The topological polar surface area (TPSA) is 23.8 Å². The Kier molecular flexibility index (Phi) is 3.34. The monoisotopic (exact) mass is 205 g/mol. The van der Waals surface area contributed by atoms with Crippen LogP contribution in [0.25, 0.3) is 0 Å². The maximum atomic E-state index is 9.47. The molecular weight excluding hydrogens is 182 g/mol. The van der Waals surface area contributed by atoms with E-state index < -0.39 is 0 Å². The maximum absolute atomic E-state index is 9.47. The molecule has 1 heteroatoms. The van der Waals surface area contributed by atoms with Gasteiger partial charge in [0.15, 0.2) is 0 Å². The second-order valence-electron chi connectivity index (χ2n) is 5.95. The van der Waals surface area contributed by atoms with Gasteiger partial charge in [-0.2, -0.15) is 5.26 Å². The van der Waals surface area contributed by atoms with Crippen molar-refractivity contribution in [2.75, 3.05) is 0 Å². The maximum Gasteiger partial charge on any atom is 0.0689 e. The summed E-state index contributed by atoms with van der Waals surface area (Å²) in [4.78, 5) is 0. The van der Waals surface area contributed by atoms with Gasteiger partial charge in [0.25, 0.3) is 0 Å². The highest BCUT2D eigenvalue weighted by molar-refractivity contribution is 5.02. The number of rotatable bonds is 2. The first-order valence-corrected chi connectivity index (χ1v) is 6.65. The summed E-state index contributed by atoms with van der Waals surface area (Å²) in [5.74, 6) is 1.65. The van der Waals surface area contributed by atoms with Crippen molar-refractivity contribution in [1.82, 2.24) is 0 Å². The van der Waals surface area contributed by atoms with Crippen molar-refractivity contribution in [1.29, 1.82) is 5.26 Å². The van der Waals surface area contributed by atoms with Gasteiger partial charge >= 0.3 is 0 Å². The summed E-state index contributed by atoms with van der Waals surface area (Å²) in [6.45, 7) is 2.32. The van der Waals surface area contributed by atoms with E-state index in [2.05, 4.69) is 13.0 Å². The van der Waals surface area contributed by atoms with Crippen LogP contribution in [0, 0.1) is 28.6 Å². The zero-order valence-corrected chi connectivity index (χ0v) is 9.97. The molecule has 2 aliphatic rings. The van der Waals surface area contributed by atoms with E-state index in [0.717, 1.165) is 11.8 Å². The van der Waals surface area contributed by atoms with E-state index in [1.165, 1.54) is 57.8 Å². The molecule has 84 valence electrons. The van der Waals surface area contributed by atoms with E-state index >= 15 is 0 Å². The van der Waals surface area contributed by atoms with Crippen LogP contribution in [0.5, 0.6) is 0 Å². The standard InChI is InChI=1S/C14H23N/c1-12-5-4-8-14(9-12,11-15)10-13-6-2-3-7-13/h12-13H,2-10H2,1H3. The predicted octanol–water partition coefficient (Wildman–Crippen LogP) is 4.29. The van der Waals surface area contributed by atoms with Gasteiger partial charge in [-0.15, -0.1) is 0 Å². The van der Waals surface area contributed by atoms with Gasteiger partial charge < -0.3 is 0 Å². The van der Waals surface area contributed by atoms with Crippen LogP contribution in [-0.4, -0.2) is 0 Å². The Balaban J connectivity index is 1.97. The number of hydrogen-bond donors (Lipinski definition) is 0. The van der Waals surface area contributed by atoms with Crippen LogP contribution in [-0.2, 0) is 0 Å².